The van der Waals surface area contributed by atoms with Crippen LogP contribution < -0.4 is 15.8 Å². The number of rotatable bonds is 6. The van der Waals surface area contributed by atoms with Crippen molar-refractivity contribution in [2.75, 3.05) is 11.3 Å². The van der Waals surface area contributed by atoms with Crippen LogP contribution in [0.25, 0.3) is 0 Å². The summed E-state index contributed by atoms with van der Waals surface area (Å²) in [5, 5.41) is 1.74. The van der Waals surface area contributed by atoms with E-state index in [1.54, 1.807) is 35.6 Å². The number of esters is 1. The molecule has 0 atom stereocenters. The summed E-state index contributed by atoms with van der Waals surface area (Å²) < 4.78 is 31.6. The standard InChI is InChI=1S/C16H15N3O6S/c17-16(22)18-14(20)10-25-15(21)11-6-8-13(9-7-11)26(23,24)19-12-4-2-1-3-5-12/h1-9,19H,10H2,(H3,17,18,20,22). The van der Waals surface area contributed by atoms with Crippen molar-refractivity contribution in [2.45, 2.75) is 4.90 Å². The number of nitrogens with one attached hydrogen (secondary N) is 2. The van der Waals surface area contributed by atoms with Crippen molar-refractivity contribution in [3.63, 3.8) is 0 Å². The molecule has 3 amide bonds. The molecular formula is C16H15N3O6S. The number of primary amides is 1. The predicted octanol–water partition coefficient (Wildman–Crippen LogP) is 0.839. The lowest BCUT2D eigenvalue weighted by molar-refractivity contribution is -0.123. The average molecular weight is 377 g/mol. The molecular weight excluding hydrogens is 362 g/mol. The van der Waals surface area contributed by atoms with Gasteiger partial charge < -0.3 is 10.5 Å². The van der Waals surface area contributed by atoms with Gasteiger partial charge in [-0.25, -0.2) is 18.0 Å². The van der Waals surface area contributed by atoms with Gasteiger partial charge in [-0.15, -0.1) is 0 Å². The number of benzene rings is 2. The summed E-state index contributed by atoms with van der Waals surface area (Å²) in [5.74, 6) is -1.73. The van der Waals surface area contributed by atoms with Gasteiger partial charge in [-0.2, -0.15) is 0 Å². The van der Waals surface area contributed by atoms with Crippen LogP contribution in [0.4, 0.5) is 10.5 Å². The third-order valence-electron chi connectivity index (χ3n) is 3.02. The summed E-state index contributed by atoms with van der Waals surface area (Å²) in [6.45, 7) is -0.697. The van der Waals surface area contributed by atoms with Crippen molar-refractivity contribution >= 4 is 33.6 Å². The molecule has 0 aliphatic carbocycles. The Morgan fingerprint density at radius 2 is 1.58 bits per heavy atom. The maximum absolute atomic E-state index is 12.3. The van der Waals surface area contributed by atoms with E-state index in [-0.39, 0.29) is 10.5 Å². The van der Waals surface area contributed by atoms with Gasteiger partial charge in [-0.1, -0.05) is 18.2 Å². The fraction of sp³-hybridized carbons (Fsp3) is 0.0625. The van der Waals surface area contributed by atoms with E-state index in [1.807, 2.05) is 0 Å². The van der Waals surface area contributed by atoms with Gasteiger partial charge in [0.25, 0.3) is 15.9 Å². The minimum Gasteiger partial charge on any atom is -0.452 e. The van der Waals surface area contributed by atoms with E-state index < -0.39 is 34.5 Å². The van der Waals surface area contributed by atoms with Gasteiger partial charge in [0.05, 0.1) is 10.5 Å². The second-order valence-electron chi connectivity index (χ2n) is 4.98. The van der Waals surface area contributed by atoms with Crippen LogP contribution in [0.5, 0.6) is 0 Å². The molecule has 2 aromatic carbocycles. The van der Waals surface area contributed by atoms with Crippen LogP contribution in [-0.4, -0.2) is 32.9 Å². The van der Waals surface area contributed by atoms with Crippen LogP contribution in [0.15, 0.2) is 59.5 Å². The summed E-state index contributed by atoms with van der Waals surface area (Å²) in [6, 6.07) is 12.2. The Balaban J connectivity index is 2.02. The van der Waals surface area contributed by atoms with Crippen LogP contribution in [-0.2, 0) is 19.6 Å². The summed E-state index contributed by atoms with van der Waals surface area (Å²) >= 11 is 0. The van der Waals surface area contributed by atoms with Gasteiger partial charge >= 0.3 is 12.0 Å². The van der Waals surface area contributed by atoms with Gasteiger partial charge in [-0.3, -0.25) is 14.8 Å². The molecule has 0 fully saturated rings. The maximum atomic E-state index is 12.3. The molecule has 0 unspecified atom stereocenters. The summed E-state index contributed by atoms with van der Waals surface area (Å²) in [5.41, 5.74) is 5.19. The van der Waals surface area contributed by atoms with Gasteiger partial charge in [-0.05, 0) is 36.4 Å². The molecule has 9 nitrogen and oxygen atoms in total. The zero-order chi connectivity index (χ0) is 19.2. The van der Waals surface area contributed by atoms with Crippen molar-refractivity contribution in [1.82, 2.24) is 5.32 Å². The highest BCUT2D eigenvalue weighted by Gasteiger charge is 2.16. The highest BCUT2D eigenvalue weighted by molar-refractivity contribution is 7.92. The first-order chi connectivity index (χ1) is 12.3. The summed E-state index contributed by atoms with van der Waals surface area (Å²) in [6.07, 6.45) is 0. The zero-order valence-corrected chi connectivity index (χ0v) is 14.2. The Kier molecular flexibility index (Phi) is 5.91. The Bertz CT molecular complexity index is 911. The zero-order valence-electron chi connectivity index (χ0n) is 13.3. The summed E-state index contributed by atoms with van der Waals surface area (Å²) in [4.78, 5) is 33.4. The number of carbonyl (C=O) groups is 3. The van der Waals surface area contributed by atoms with Crippen molar-refractivity contribution in [2.24, 2.45) is 5.73 Å². The molecule has 10 heteroatoms. The molecule has 0 radical (unpaired) electrons. The first-order valence-electron chi connectivity index (χ1n) is 7.22. The molecule has 0 heterocycles. The van der Waals surface area contributed by atoms with Crippen LogP contribution in [0.2, 0.25) is 0 Å². The number of nitrogens with two attached hydrogens (primary N) is 1. The quantitative estimate of drug-likeness (QED) is 0.636. The predicted molar refractivity (Wildman–Crippen MR) is 91.7 cm³/mol. The third kappa shape index (κ3) is 5.31. The molecule has 4 N–H and O–H groups in total. The molecule has 0 aromatic heterocycles. The molecule has 136 valence electrons. The number of sulfonamides is 1. The van der Waals surface area contributed by atoms with Crippen molar-refractivity contribution in [3.8, 4) is 0 Å². The largest absolute Gasteiger partial charge is 0.452 e. The van der Waals surface area contributed by atoms with Crippen LogP contribution in [0, 0.1) is 0 Å². The topological polar surface area (TPSA) is 145 Å². The number of imide groups is 1. The lowest BCUT2D eigenvalue weighted by Crippen LogP contribution is -2.37. The smallest absolute Gasteiger partial charge is 0.338 e. The van der Waals surface area contributed by atoms with Crippen molar-refractivity contribution < 1.29 is 27.5 Å². The fourth-order valence-electron chi connectivity index (χ4n) is 1.88. The van der Waals surface area contributed by atoms with Gasteiger partial charge in [0.15, 0.2) is 6.61 Å². The van der Waals surface area contributed by atoms with E-state index in [2.05, 4.69) is 9.46 Å². The molecule has 2 aromatic rings. The SMILES string of the molecule is NC(=O)NC(=O)COC(=O)c1ccc(S(=O)(=O)Nc2ccccc2)cc1. The highest BCUT2D eigenvalue weighted by atomic mass is 32.2. The molecule has 0 aliphatic rings. The number of carbonyl (C=O) groups excluding carboxylic acids is 3. The molecule has 0 spiro atoms. The summed E-state index contributed by atoms with van der Waals surface area (Å²) in [7, 11) is -3.81. The van der Waals surface area contributed by atoms with Gasteiger partial charge in [0.2, 0.25) is 0 Å². The van der Waals surface area contributed by atoms with Crippen molar-refractivity contribution in [3.05, 3.63) is 60.2 Å². The molecule has 0 bridgehead atoms. The molecule has 0 saturated carbocycles. The number of urea groups is 1. The molecule has 0 saturated heterocycles. The van der Waals surface area contributed by atoms with Crippen LogP contribution >= 0.6 is 0 Å². The second-order valence-corrected chi connectivity index (χ2v) is 6.67. The first kappa shape index (κ1) is 18.9. The van der Waals surface area contributed by atoms with Gasteiger partial charge in [0, 0.05) is 5.69 Å². The normalized spacial score (nSPS) is 10.6. The number of amides is 3. The molecule has 0 aliphatic heterocycles. The van der Waals surface area contributed by atoms with Crippen LogP contribution in [0.1, 0.15) is 10.4 Å². The fourth-order valence-corrected chi connectivity index (χ4v) is 2.94. The van der Waals surface area contributed by atoms with E-state index >= 15 is 0 Å². The number of anilines is 1. The number of hydrogen-bond acceptors (Lipinski definition) is 6. The monoisotopic (exact) mass is 377 g/mol. The Morgan fingerprint density at radius 1 is 0.962 bits per heavy atom. The number of ether oxygens (including phenoxy) is 1. The lowest BCUT2D eigenvalue weighted by Gasteiger charge is -2.09. The Hall–Kier alpha value is -3.40. The first-order valence-corrected chi connectivity index (χ1v) is 8.70. The average Bonchev–Trinajstić information content (AvgIpc) is 2.60. The van der Waals surface area contributed by atoms with E-state index in [9.17, 15) is 22.8 Å². The van der Waals surface area contributed by atoms with Crippen molar-refractivity contribution in [1.29, 1.82) is 0 Å². The molecule has 2 rings (SSSR count). The third-order valence-corrected chi connectivity index (χ3v) is 4.42. The van der Waals surface area contributed by atoms with Crippen LogP contribution in [0.3, 0.4) is 0 Å². The maximum Gasteiger partial charge on any atom is 0.338 e. The van der Waals surface area contributed by atoms with E-state index in [4.69, 9.17) is 5.73 Å². The number of hydrogen-bond donors (Lipinski definition) is 3. The molecule has 26 heavy (non-hydrogen) atoms. The Labute approximate surface area is 149 Å². The lowest BCUT2D eigenvalue weighted by atomic mass is 10.2. The van der Waals surface area contributed by atoms with E-state index in [0.29, 0.717) is 5.69 Å². The minimum atomic E-state index is -3.81. The van der Waals surface area contributed by atoms with Gasteiger partial charge in [0.1, 0.15) is 0 Å². The Morgan fingerprint density at radius 3 is 2.15 bits per heavy atom. The van der Waals surface area contributed by atoms with E-state index in [0.717, 1.165) is 0 Å². The number of para-hydroxylation sites is 1. The second kappa shape index (κ2) is 8.12. The minimum absolute atomic E-state index is 0.0375. The highest BCUT2D eigenvalue weighted by Crippen LogP contribution is 2.16. The van der Waals surface area contributed by atoms with E-state index in [1.165, 1.54) is 24.3 Å².